The lowest BCUT2D eigenvalue weighted by molar-refractivity contribution is -0.383. The number of para-hydroxylation sites is 1. The maximum atomic E-state index is 13.6. The van der Waals surface area contributed by atoms with E-state index in [9.17, 15) is 23.7 Å². The second-order valence-corrected chi connectivity index (χ2v) is 3.99. The van der Waals surface area contributed by atoms with Gasteiger partial charge >= 0.3 is 5.97 Å². The van der Waals surface area contributed by atoms with E-state index in [0.29, 0.717) is 0 Å². The first-order chi connectivity index (χ1) is 9.91. The van der Waals surface area contributed by atoms with Crippen molar-refractivity contribution in [1.82, 2.24) is 0 Å². The second-order valence-electron chi connectivity index (χ2n) is 3.99. The largest absolute Gasteiger partial charge is 0.478 e. The van der Waals surface area contributed by atoms with Crippen LogP contribution in [0.2, 0.25) is 0 Å². The van der Waals surface area contributed by atoms with Crippen LogP contribution in [0.4, 0.5) is 25.8 Å². The third-order valence-electron chi connectivity index (χ3n) is 2.68. The monoisotopic (exact) mass is 294 g/mol. The Kier molecular flexibility index (Phi) is 3.79. The van der Waals surface area contributed by atoms with E-state index >= 15 is 0 Å². The molecule has 0 aliphatic rings. The number of carboxylic acids is 1. The van der Waals surface area contributed by atoms with E-state index in [0.717, 1.165) is 24.3 Å². The molecule has 8 heteroatoms. The van der Waals surface area contributed by atoms with Gasteiger partial charge in [-0.2, -0.15) is 0 Å². The molecular formula is C13H8F2N2O4. The number of hydrogen-bond donors (Lipinski definition) is 2. The molecule has 0 spiro atoms. The summed E-state index contributed by atoms with van der Waals surface area (Å²) in [6.07, 6.45) is 0. The van der Waals surface area contributed by atoms with Gasteiger partial charge in [0.2, 0.25) is 0 Å². The van der Waals surface area contributed by atoms with Crippen LogP contribution in [0.1, 0.15) is 10.4 Å². The third kappa shape index (κ3) is 2.78. The van der Waals surface area contributed by atoms with Crippen LogP contribution in [0.3, 0.4) is 0 Å². The molecule has 0 amide bonds. The van der Waals surface area contributed by atoms with Crippen LogP contribution in [0, 0.1) is 21.7 Å². The molecule has 0 saturated heterocycles. The minimum atomic E-state index is -1.43. The Morgan fingerprint density at radius 2 is 1.86 bits per heavy atom. The molecule has 0 unspecified atom stereocenters. The van der Waals surface area contributed by atoms with E-state index in [1.54, 1.807) is 0 Å². The number of aromatic carboxylic acids is 1. The first kappa shape index (κ1) is 14.4. The Balaban J connectivity index is 2.59. The van der Waals surface area contributed by atoms with Crippen LogP contribution in [-0.2, 0) is 0 Å². The number of nitrogens with one attached hydrogen (secondary N) is 1. The van der Waals surface area contributed by atoms with Gasteiger partial charge in [0.05, 0.1) is 16.2 Å². The molecule has 0 saturated carbocycles. The summed E-state index contributed by atoms with van der Waals surface area (Å²) in [6, 6.07) is 6.57. The SMILES string of the molecule is O=C(O)c1cccc([N+](=O)[O-])c1Nc1cccc(F)c1F. The maximum absolute atomic E-state index is 13.6. The smallest absolute Gasteiger partial charge is 0.338 e. The van der Waals surface area contributed by atoms with E-state index in [1.807, 2.05) is 0 Å². The fraction of sp³-hybridized carbons (Fsp3) is 0. The molecule has 0 heterocycles. The number of nitro benzene ring substituents is 1. The van der Waals surface area contributed by atoms with Gasteiger partial charge in [-0.3, -0.25) is 10.1 Å². The van der Waals surface area contributed by atoms with E-state index in [2.05, 4.69) is 5.32 Å². The molecule has 2 aromatic carbocycles. The highest BCUT2D eigenvalue weighted by Gasteiger charge is 2.22. The molecule has 2 rings (SSSR count). The van der Waals surface area contributed by atoms with Crippen LogP contribution in [0.25, 0.3) is 0 Å². The average molecular weight is 294 g/mol. The Labute approximate surface area is 116 Å². The molecule has 108 valence electrons. The fourth-order valence-electron chi connectivity index (χ4n) is 1.74. The predicted molar refractivity (Wildman–Crippen MR) is 69.7 cm³/mol. The number of benzene rings is 2. The Bertz CT molecular complexity index is 702. The number of carboxylic acid groups (broad SMARTS) is 1. The summed E-state index contributed by atoms with van der Waals surface area (Å²) >= 11 is 0. The predicted octanol–water partition coefficient (Wildman–Crippen LogP) is 3.31. The summed E-state index contributed by atoms with van der Waals surface area (Å²) in [5, 5.41) is 22.3. The van der Waals surface area contributed by atoms with Crippen LogP contribution < -0.4 is 5.32 Å². The topological polar surface area (TPSA) is 92.5 Å². The van der Waals surface area contributed by atoms with Gasteiger partial charge in [-0.25, -0.2) is 13.6 Å². The molecule has 0 bridgehead atoms. The molecule has 0 radical (unpaired) electrons. The fourth-order valence-corrected chi connectivity index (χ4v) is 1.74. The van der Waals surface area contributed by atoms with Crippen molar-refractivity contribution in [3.63, 3.8) is 0 Å². The standard InChI is InChI=1S/C13H8F2N2O4/c14-8-4-2-5-9(11(8)15)16-12-7(13(18)19)3-1-6-10(12)17(20)21/h1-6,16H,(H,18,19). The highest BCUT2D eigenvalue weighted by Crippen LogP contribution is 2.32. The summed E-state index contributed by atoms with van der Waals surface area (Å²) in [5.41, 5.74) is -1.79. The molecule has 0 atom stereocenters. The van der Waals surface area contributed by atoms with Crippen molar-refractivity contribution in [2.45, 2.75) is 0 Å². The lowest BCUT2D eigenvalue weighted by atomic mass is 10.1. The molecule has 6 nitrogen and oxygen atoms in total. The molecule has 0 aliphatic carbocycles. The summed E-state index contributed by atoms with van der Waals surface area (Å²) in [6.45, 7) is 0. The highest BCUT2D eigenvalue weighted by molar-refractivity contribution is 5.98. The van der Waals surface area contributed by atoms with E-state index < -0.39 is 45.2 Å². The first-order valence-electron chi connectivity index (χ1n) is 5.63. The molecular weight excluding hydrogens is 286 g/mol. The van der Waals surface area contributed by atoms with E-state index in [-0.39, 0.29) is 0 Å². The van der Waals surface area contributed by atoms with Crippen molar-refractivity contribution in [3.05, 3.63) is 63.7 Å². The van der Waals surface area contributed by atoms with Gasteiger partial charge in [0.1, 0.15) is 5.69 Å². The van der Waals surface area contributed by atoms with E-state index in [4.69, 9.17) is 5.11 Å². The van der Waals surface area contributed by atoms with Crippen molar-refractivity contribution in [2.75, 3.05) is 5.32 Å². The zero-order valence-electron chi connectivity index (χ0n) is 10.3. The quantitative estimate of drug-likeness (QED) is 0.666. The molecule has 0 aliphatic heterocycles. The summed E-state index contributed by atoms with van der Waals surface area (Å²) in [5.74, 6) is -3.85. The molecule has 2 aromatic rings. The minimum absolute atomic E-state index is 0.396. The van der Waals surface area contributed by atoms with Crippen LogP contribution >= 0.6 is 0 Å². The van der Waals surface area contributed by atoms with Crippen LogP contribution in [-0.4, -0.2) is 16.0 Å². The first-order valence-corrected chi connectivity index (χ1v) is 5.63. The van der Waals surface area contributed by atoms with Crippen molar-refractivity contribution in [1.29, 1.82) is 0 Å². The zero-order valence-corrected chi connectivity index (χ0v) is 10.3. The van der Waals surface area contributed by atoms with Gasteiger partial charge in [-0.05, 0) is 18.2 Å². The highest BCUT2D eigenvalue weighted by atomic mass is 19.2. The van der Waals surface area contributed by atoms with E-state index in [1.165, 1.54) is 12.1 Å². The molecule has 0 fully saturated rings. The number of rotatable bonds is 4. The number of hydrogen-bond acceptors (Lipinski definition) is 4. The third-order valence-corrected chi connectivity index (χ3v) is 2.68. The van der Waals surface area contributed by atoms with Crippen molar-refractivity contribution < 1.29 is 23.6 Å². The van der Waals surface area contributed by atoms with Gasteiger partial charge in [-0.15, -0.1) is 0 Å². The maximum Gasteiger partial charge on any atom is 0.338 e. The van der Waals surface area contributed by atoms with Gasteiger partial charge in [-0.1, -0.05) is 12.1 Å². The number of carbonyl (C=O) groups is 1. The van der Waals surface area contributed by atoms with Crippen molar-refractivity contribution in [2.24, 2.45) is 0 Å². The summed E-state index contributed by atoms with van der Waals surface area (Å²) in [4.78, 5) is 21.2. The number of nitrogens with zero attached hydrogens (tertiary/aromatic N) is 1. The van der Waals surface area contributed by atoms with Gasteiger partial charge in [0.25, 0.3) is 5.69 Å². The zero-order chi connectivity index (χ0) is 15.6. The van der Waals surface area contributed by atoms with Gasteiger partial charge in [0, 0.05) is 6.07 Å². The molecule has 0 aromatic heterocycles. The average Bonchev–Trinajstić information content (AvgIpc) is 2.43. The van der Waals surface area contributed by atoms with Crippen molar-refractivity contribution >= 4 is 23.0 Å². The minimum Gasteiger partial charge on any atom is -0.478 e. The van der Waals surface area contributed by atoms with Crippen LogP contribution in [0.5, 0.6) is 0 Å². The summed E-state index contributed by atoms with van der Waals surface area (Å²) in [7, 11) is 0. The number of halogens is 2. The van der Waals surface area contributed by atoms with Crippen molar-refractivity contribution in [3.8, 4) is 0 Å². The van der Waals surface area contributed by atoms with Gasteiger partial charge < -0.3 is 10.4 Å². The Morgan fingerprint density at radius 1 is 1.19 bits per heavy atom. The lowest BCUT2D eigenvalue weighted by Gasteiger charge is -2.11. The Hall–Kier alpha value is -3.03. The lowest BCUT2D eigenvalue weighted by Crippen LogP contribution is -2.07. The summed E-state index contributed by atoms with van der Waals surface area (Å²) < 4.78 is 26.7. The van der Waals surface area contributed by atoms with Crippen LogP contribution in [0.15, 0.2) is 36.4 Å². The number of anilines is 2. The number of nitro groups is 1. The second kappa shape index (κ2) is 5.53. The molecule has 2 N–H and O–H groups in total. The Morgan fingerprint density at radius 3 is 2.48 bits per heavy atom. The van der Waals surface area contributed by atoms with Gasteiger partial charge in [0.15, 0.2) is 11.6 Å². The molecule has 21 heavy (non-hydrogen) atoms. The normalized spacial score (nSPS) is 10.2.